The highest BCUT2D eigenvalue weighted by Crippen LogP contribution is 2.27. The van der Waals surface area contributed by atoms with E-state index in [1.165, 1.54) is 12.1 Å². The van der Waals surface area contributed by atoms with E-state index in [0.717, 1.165) is 11.3 Å². The van der Waals surface area contributed by atoms with Crippen LogP contribution in [0.2, 0.25) is 5.02 Å². The van der Waals surface area contributed by atoms with Crippen molar-refractivity contribution >= 4 is 23.7 Å². The molecule has 7 nitrogen and oxygen atoms in total. The van der Waals surface area contributed by atoms with E-state index in [1.54, 1.807) is 6.07 Å². The van der Waals surface area contributed by atoms with Crippen molar-refractivity contribution in [2.75, 3.05) is 6.61 Å². The molecule has 2 rings (SSSR count). The highest BCUT2D eigenvalue weighted by molar-refractivity contribution is 6.31. The van der Waals surface area contributed by atoms with E-state index in [9.17, 15) is 30.0 Å². The van der Waals surface area contributed by atoms with E-state index in [4.69, 9.17) is 16.3 Å². The topological polar surface area (TPSA) is 124 Å². The highest BCUT2D eigenvalue weighted by atomic mass is 35.5. The molecule has 4 N–H and O–H groups in total. The Labute approximate surface area is 173 Å². The molecule has 0 spiro atoms. The number of rotatable bonds is 10. The molecule has 4 unspecified atom stereocenters. The molecule has 0 heterocycles. The van der Waals surface area contributed by atoms with Crippen LogP contribution >= 0.6 is 11.6 Å². The van der Waals surface area contributed by atoms with E-state index in [0.29, 0.717) is 23.6 Å². The SMILES string of the molecule is CCOc1ccc(Cc2cc(C(O)C(O)C(O)C(O)C(=O)C=O)ccc2Cl)cc1. The van der Waals surface area contributed by atoms with Gasteiger partial charge in [-0.1, -0.05) is 35.9 Å². The van der Waals surface area contributed by atoms with Gasteiger partial charge in [-0.05, 0) is 48.2 Å². The second kappa shape index (κ2) is 10.5. The van der Waals surface area contributed by atoms with Crippen molar-refractivity contribution in [1.82, 2.24) is 0 Å². The fourth-order valence-corrected chi connectivity index (χ4v) is 3.00. The molecule has 0 aliphatic carbocycles. The highest BCUT2D eigenvalue weighted by Gasteiger charge is 2.34. The second-order valence-electron chi connectivity index (χ2n) is 6.50. The molecule has 0 aromatic heterocycles. The van der Waals surface area contributed by atoms with E-state index in [1.807, 2.05) is 31.2 Å². The maximum absolute atomic E-state index is 11.2. The lowest BCUT2D eigenvalue weighted by molar-refractivity contribution is -0.148. The number of carbonyl (C=O) groups is 2. The third-order valence-electron chi connectivity index (χ3n) is 4.44. The summed E-state index contributed by atoms with van der Waals surface area (Å²) in [6, 6.07) is 12.0. The largest absolute Gasteiger partial charge is 0.494 e. The Hall–Kier alpha value is -2.29. The average molecular weight is 423 g/mol. The Morgan fingerprint density at radius 3 is 2.31 bits per heavy atom. The summed E-state index contributed by atoms with van der Waals surface area (Å²) in [4.78, 5) is 21.6. The minimum Gasteiger partial charge on any atom is -0.494 e. The van der Waals surface area contributed by atoms with Crippen LogP contribution in [0.15, 0.2) is 42.5 Å². The van der Waals surface area contributed by atoms with Gasteiger partial charge in [0.15, 0.2) is 6.29 Å². The molecule has 2 aromatic carbocycles. The van der Waals surface area contributed by atoms with Gasteiger partial charge in [0.05, 0.1) is 6.61 Å². The molecule has 4 atom stereocenters. The van der Waals surface area contributed by atoms with Gasteiger partial charge in [0.2, 0.25) is 5.78 Å². The fraction of sp³-hybridized carbons (Fsp3) is 0.333. The number of aldehydes is 1. The summed E-state index contributed by atoms with van der Waals surface area (Å²) in [5, 5.41) is 40.4. The van der Waals surface area contributed by atoms with Gasteiger partial charge in [-0.15, -0.1) is 0 Å². The summed E-state index contributed by atoms with van der Waals surface area (Å²) in [5.74, 6) is -0.553. The zero-order valence-electron chi connectivity index (χ0n) is 15.7. The summed E-state index contributed by atoms with van der Waals surface area (Å²) in [6.45, 7) is 2.45. The van der Waals surface area contributed by atoms with Gasteiger partial charge in [0.25, 0.3) is 0 Å². The maximum Gasteiger partial charge on any atom is 0.226 e. The number of ether oxygens (including phenoxy) is 1. The third-order valence-corrected chi connectivity index (χ3v) is 4.81. The van der Waals surface area contributed by atoms with Crippen molar-refractivity contribution < 1.29 is 34.8 Å². The van der Waals surface area contributed by atoms with Gasteiger partial charge in [0.1, 0.15) is 30.2 Å². The third kappa shape index (κ3) is 5.85. The van der Waals surface area contributed by atoms with Crippen LogP contribution in [-0.2, 0) is 16.0 Å². The molecule has 0 amide bonds. The summed E-state index contributed by atoms with van der Waals surface area (Å²) >= 11 is 6.24. The van der Waals surface area contributed by atoms with Crippen molar-refractivity contribution in [2.24, 2.45) is 0 Å². The molecular formula is C21H23ClO7. The van der Waals surface area contributed by atoms with E-state index in [-0.39, 0.29) is 11.8 Å². The summed E-state index contributed by atoms with van der Waals surface area (Å²) in [6.07, 6.45) is -7.40. The number of hydrogen-bond donors (Lipinski definition) is 4. The predicted octanol–water partition coefficient (Wildman–Crippen LogP) is 1.21. The van der Waals surface area contributed by atoms with E-state index < -0.39 is 30.2 Å². The first-order valence-corrected chi connectivity index (χ1v) is 9.37. The summed E-state index contributed by atoms with van der Waals surface area (Å²) < 4.78 is 5.40. The van der Waals surface area contributed by atoms with Crippen LogP contribution in [0, 0.1) is 0 Å². The Morgan fingerprint density at radius 1 is 1.07 bits per heavy atom. The van der Waals surface area contributed by atoms with Gasteiger partial charge >= 0.3 is 0 Å². The monoisotopic (exact) mass is 422 g/mol. The molecule has 156 valence electrons. The quantitative estimate of drug-likeness (QED) is 0.335. The molecular weight excluding hydrogens is 400 g/mol. The van der Waals surface area contributed by atoms with Gasteiger partial charge in [-0.2, -0.15) is 0 Å². The van der Waals surface area contributed by atoms with Crippen LogP contribution in [0.5, 0.6) is 5.75 Å². The van der Waals surface area contributed by atoms with Gasteiger partial charge in [-0.3, -0.25) is 9.59 Å². The van der Waals surface area contributed by atoms with Crippen molar-refractivity contribution in [3.63, 3.8) is 0 Å². The number of ketones is 1. The van der Waals surface area contributed by atoms with Gasteiger partial charge in [0, 0.05) is 5.02 Å². The van der Waals surface area contributed by atoms with Crippen LogP contribution in [0.4, 0.5) is 0 Å². The maximum atomic E-state index is 11.2. The number of hydrogen-bond acceptors (Lipinski definition) is 7. The lowest BCUT2D eigenvalue weighted by Gasteiger charge is -2.25. The van der Waals surface area contributed by atoms with E-state index in [2.05, 4.69) is 0 Å². The molecule has 0 bridgehead atoms. The average Bonchev–Trinajstić information content (AvgIpc) is 2.74. The number of halogens is 1. The smallest absolute Gasteiger partial charge is 0.226 e. The van der Waals surface area contributed by atoms with Crippen LogP contribution in [0.25, 0.3) is 0 Å². The molecule has 0 aliphatic rings. The Balaban J connectivity index is 2.18. The molecule has 0 radical (unpaired) electrons. The lowest BCUT2D eigenvalue weighted by Crippen LogP contribution is -2.45. The normalized spacial score (nSPS) is 15.2. The molecule has 0 fully saturated rings. The number of Topliss-reactive ketones (excluding diaryl/α,β-unsaturated/α-hetero) is 1. The van der Waals surface area contributed by atoms with Crippen molar-refractivity contribution in [3.05, 3.63) is 64.2 Å². The van der Waals surface area contributed by atoms with Crippen molar-refractivity contribution in [2.45, 2.75) is 37.8 Å². The first kappa shape index (κ1) is 23.0. The van der Waals surface area contributed by atoms with Gasteiger partial charge in [-0.25, -0.2) is 0 Å². The van der Waals surface area contributed by atoms with Crippen LogP contribution in [0.1, 0.15) is 29.7 Å². The van der Waals surface area contributed by atoms with Crippen molar-refractivity contribution in [1.29, 1.82) is 0 Å². The van der Waals surface area contributed by atoms with Crippen LogP contribution < -0.4 is 4.74 Å². The number of carbonyl (C=O) groups excluding carboxylic acids is 2. The standard InChI is InChI=1S/C21H23ClO7/c1-2-29-15-6-3-12(4-7-15)9-14-10-13(5-8-16(14)22)18(25)20(27)21(28)19(26)17(24)11-23/h3-8,10-11,18-21,25-28H,2,9H2,1H3. The Bertz CT molecular complexity index is 837. The lowest BCUT2D eigenvalue weighted by atomic mass is 9.94. The zero-order valence-corrected chi connectivity index (χ0v) is 16.5. The second-order valence-corrected chi connectivity index (χ2v) is 6.90. The fourth-order valence-electron chi connectivity index (χ4n) is 2.81. The van der Waals surface area contributed by atoms with Crippen LogP contribution in [0.3, 0.4) is 0 Å². The number of benzene rings is 2. The minimum atomic E-state index is -2.13. The number of aliphatic hydroxyl groups excluding tert-OH is 4. The minimum absolute atomic E-state index is 0.162. The van der Waals surface area contributed by atoms with Crippen LogP contribution in [-0.4, -0.2) is 57.4 Å². The molecule has 0 aliphatic heterocycles. The van der Waals surface area contributed by atoms with Gasteiger partial charge < -0.3 is 25.2 Å². The number of aliphatic hydroxyl groups is 4. The molecule has 0 saturated carbocycles. The molecule has 2 aromatic rings. The summed E-state index contributed by atoms with van der Waals surface area (Å²) in [7, 11) is 0. The van der Waals surface area contributed by atoms with Crippen molar-refractivity contribution in [3.8, 4) is 5.75 Å². The first-order chi connectivity index (χ1) is 13.8. The Morgan fingerprint density at radius 2 is 1.72 bits per heavy atom. The molecule has 0 saturated heterocycles. The van der Waals surface area contributed by atoms with E-state index >= 15 is 0 Å². The summed E-state index contributed by atoms with van der Waals surface area (Å²) in [5.41, 5.74) is 1.83. The zero-order chi connectivity index (χ0) is 21.6. The predicted molar refractivity (Wildman–Crippen MR) is 106 cm³/mol. The Kier molecular flexibility index (Phi) is 8.31. The first-order valence-electron chi connectivity index (χ1n) is 8.99. The molecule has 29 heavy (non-hydrogen) atoms. The molecule has 8 heteroatoms.